The highest BCUT2D eigenvalue weighted by Crippen LogP contribution is 2.32. The summed E-state index contributed by atoms with van der Waals surface area (Å²) in [4.78, 5) is 32.1. The minimum atomic E-state index is -0.597. The first-order valence-corrected chi connectivity index (χ1v) is 12.1. The van der Waals surface area contributed by atoms with Crippen LogP contribution >= 0.6 is 35.0 Å². The summed E-state index contributed by atoms with van der Waals surface area (Å²) in [6.45, 7) is 5.08. The number of hydrogen-bond acceptors (Lipinski definition) is 5. The molecular weight excluding hydrogens is 469 g/mol. The minimum Gasteiger partial charge on any atom is -0.494 e. The number of benzene rings is 2. The van der Waals surface area contributed by atoms with Gasteiger partial charge in [-0.3, -0.25) is 14.5 Å². The number of amides is 2. The molecule has 3 rings (SSSR count). The van der Waals surface area contributed by atoms with Gasteiger partial charge in [-0.05, 0) is 55.8 Å². The molecule has 9 heteroatoms. The number of aliphatic imine (C=N–C) groups is 1. The Morgan fingerprint density at radius 1 is 1.19 bits per heavy atom. The van der Waals surface area contributed by atoms with E-state index in [0.717, 1.165) is 18.6 Å². The molecule has 0 radical (unpaired) electrons. The average molecular weight is 494 g/mol. The van der Waals surface area contributed by atoms with Crippen molar-refractivity contribution in [2.75, 3.05) is 18.5 Å². The number of carbonyl (C=O) groups excluding carboxylic acids is 2. The Balaban J connectivity index is 1.80. The van der Waals surface area contributed by atoms with Crippen LogP contribution in [0.4, 0.5) is 11.4 Å². The number of unbranched alkanes of at least 4 members (excludes halogenated alkanes) is 1. The minimum absolute atomic E-state index is 0.104. The van der Waals surface area contributed by atoms with Gasteiger partial charge in [0.25, 0.3) is 0 Å². The largest absolute Gasteiger partial charge is 0.494 e. The third-order valence-electron chi connectivity index (χ3n) is 4.67. The summed E-state index contributed by atoms with van der Waals surface area (Å²) in [6.07, 6.45) is 1.88. The van der Waals surface area contributed by atoms with Gasteiger partial charge in [-0.15, -0.1) is 0 Å². The van der Waals surface area contributed by atoms with Gasteiger partial charge >= 0.3 is 0 Å². The van der Waals surface area contributed by atoms with E-state index in [1.807, 2.05) is 6.92 Å². The van der Waals surface area contributed by atoms with Crippen LogP contribution in [0, 0.1) is 0 Å². The predicted molar refractivity (Wildman–Crippen MR) is 132 cm³/mol. The molecule has 1 atom stereocenters. The SMILES string of the molecule is CCCCN1C(=O)CC(C(=O)Nc2ccc(OCC)cc2)SC1=Nc1cc(Cl)cc(Cl)c1. The molecule has 1 aliphatic heterocycles. The van der Waals surface area contributed by atoms with E-state index < -0.39 is 5.25 Å². The molecule has 2 amide bonds. The monoisotopic (exact) mass is 493 g/mol. The van der Waals surface area contributed by atoms with Crippen LogP contribution in [0.3, 0.4) is 0 Å². The van der Waals surface area contributed by atoms with E-state index >= 15 is 0 Å². The number of rotatable bonds is 8. The Morgan fingerprint density at radius 2 is 1.88 bits per heavy atom. The normalized spacial score (nSPS) is 17.5. The van der Waals surface area contributed by atoms with Crippen molar-refractivity contribution in [3.8, 4) is 5.75 Å². The molecule has 2 aromatic carbocycles. The fourth-order valence-electron chi connectivity index (χ4n) is 3.12. The van der Waals surface area contributed by atoms with Gasteiger partial charge in [-0.25, -0.2) is 4.99 Å². The zero-order valence-corrected chi connectivity index (χ0v) is 20.3. The van der Waals surface area contributed by atoms with Crippen LogP contribution in [0.15, 0.2) is 47.5 Å². The van der Waals surface area contributed by atoms with Crippen molar-refractivity contribution in [1.82, 2.24) is 4.90 Å². The maximum Gasteiger partial charge on any atom is 0.238 e. The van der Waals surface area contributed by atoms with Gasteiger partial charge in [-0.1, -0.05) is 48.3 Å². The van der Waals surface area contributed by atoms with Crippen LogP contribution in [-0.2, 0) is 9.59 Å². The Morgan fingerprint density at radius 3 is 2.50 bits per heavy atom. The Labute approximate surface area is 202 Å². The summed E-state index contributed by atoms with van der Waals surface area (Å²) in [5.74, 6) is 0.351. The van der Waals surface area contributed by atoms with Crippen molar-refractivity contribution in [2.45, 2.75) is 38.4 Å². The molecular formula is C23H25Cl2N3O3S. The fourth-order valence-corrected chi connectivity index (χ4v) is 4.76. The molecule has 1 unspecified atom stereocenters. The highest BCUT2D eigenvalue weighted by atomic mass is 35.5. The molecule has 0 bridgehead atoms. The molecule has 0 aromatic heterocycles. The van der Waals surface area contributed by atoms with Crippen molar-refractivity contribution in [1.29, 1.82) is 0 Å². The van der Waals surface area contributed by atoms with E-state index in [-0.39, 0.29) is 18.2 Å². The second kappa shape index (κ2) is 11.6. The Kier molecular flexibility index (Phi) is 8.84. The molecule has 0 saturated carbocycles. The summed E-state index contributed by atoms with van der Waals surface area (Å²) in [5, 5.41) is 3.66. The molecule has 1 N–H and O–H groups in total. The second-order valence-corrected chi connectivity index (χ2v) is 9.22. The summed E-state index contributed by atoms with van der Waals surface area (Å²) >= 11 is 13.5. The number of ether oxygens (including phenoxy) is 1. The van der Waals surface area contributed by atoms with Gasteiger partial charge in [0.1, 0.15) is 11.0 Å². The summed E-state index contributed by atoms with van der Waals surface area (Å²) in [5.41, 5.74) is 1.17. The molecule has 1 fully saturated rings. The number of amidine groups is 1. The van der Waals surface area contributed by atoms with Crippen molar-refractivity contribution in [3.63, 3.8) is 0 Å². The zero-order chi connectivity index (χ0) is 23.1. The lowest BCUT2D eigenvalue weighted by molar-refractivity contribution is -0.129. The molecule has 1 heterocycles. The highest BCUT2D eigenvalue weighted by molar-refractivity contribution is 8.15. The van der Waals surface area contributed by atoms with E-state index in [9.17, 15) is 9.59 Å². The van der Waals surface area contributed by atoms with Crippen LogP contribution in [0.1, 0.15) is 33.1 Å². The molecule has 0 aliphatic carbocycles. The van der Waals surface area contributed by atoms with Crippen molar-refractivity contribution >= 4 is 63.3 Å². The average Bonchev–Trinajstić information content (AvgIpc) is 2.74. The third kappa shape index (κ3) is 6.64. The van der Waals surface area contributed by atoms with Crippen molar-refractivity contribution in [2.24, 2.45) is 4.99 Å². The number of hydrogen-bond donors (Lipinski definition) is 1. The Hall–Kier alpha value is -2.22. The lowest BCUT2D eigenvalue weighted by Crippen LogP contribution is -2.45. The molecule has 2 aromatic rings. The Bertz CT molecular complexity index is 978. The van der Waals surface area contributed by atoms with Crippen LogP contribution in [-0.4, -0.2) is 40.3 Å². The van der Waals surface area contributed by atoms with E-state index in [1.165, 1.54) is 11.8 Å². The molecule has 6 nitrogen and oxygen atoms in total. The van der Waals surface area contributed by atoms with Crippen molar-refractivity contribution in [3.05, 3.63) is 52.5 Å². The van der Waals surface area contributed by atoms with Crippen molar-refractivity contribution < 1.29 is 14.3 Å². The van der Waals surface area contributed by atoms with E-state index in [2.05, 4.69) is 17.2 Å². The van der Waals surface area contributed by atoms with Gasteiger partial charge in [0.2, 0.25) is 11.8 Å². The zero-order valence-electron chi connectivity index (χ0n) is 17.9. The number of nitrogens with zero attached hydrogens (tertiary/aromatic N) is 2. The van der Waals surface area contributed by atoms with Gasteiger partial charge in [0.05, 0.1) is 12.3 Å². The maximum absolute atomic E-state index is 12.9. The van der Waals surface area contributed by atoms with Crippen LogP contribution in [0.2, 0.25) is 10.0 Å². The number of carbonyl (C=O) groups is 2. The van der Waals surface area contributed by atoms with Gasteiger partial charge in [-0.2, -0.15) is 0 Å². The number of thioether (sulfide) groups is 1. The maximum atomic E-state index is 12.9. The van der Waals surface area contributed by atoms with Crippen LogP contribution in [0.25, 0.3) is 0 Å². The van der Waals surface area contributed by atoms with Crippen LogP contribution in [0.5, 0.6) is 5.75 Å². The van der Waals surface area contributed by atoms with E-state index in [4.69, 9.17) is 27.9 Å². The number of anilines is 1. The fraction of sp³-hybridized carbons (Fsp3) is 0.348. The summed E-state index contributed by atoms with van der Waals surface area (Å²) in [6, 6.07) is 12.1. The lowest BCUT2D eigenvalue weighted by Gasteiger charge is -2.31. The summed E-state index contributed by atoms with van der Waals surface area (Å²) in [7, 11) is 0. The predicted octanol–water partition coefficient (Wildman–Crippen LogP) is 6.15. The third-order valence-corrected chi connectivity index (χ3v) is 6.30. The van der Waals surface area contributed by atoms with E-state index in [0.29, 0.717) is 39.7 Å². The summed E-state index contributed by atoms with van der Waals surface area (Å²) < 4.78 is 5.43. The highest BCUT2D eigenvalue weighted by Gasteiger charge is 2.35. The smallest absolute Gasteiger partial charge is 0.238 e. The molecule has 32 heavy (non-hydrogen) atoms. The number of halogens is 2. The first kappa shape index (κ1) is 24.4. The first-order chi connectivity index (χ1) is 15.4. The van der Waals surface area contributed by atoms with Gasteiger partial charge < -0.3 is 10.1 Å². The molecule has 170 valence electrons. The standard InChI is InChI=1S/C23H25Cl2N3O3S/c1-3-5-10-28-21(29)14-20(22(30)26-17-6-8-19(9-7-17)31-4-2)32-23(28)27-18-12-15(24)11-16(25)13-18/h6-9,11-13,20H,3-5,10,14H2,1-2H3,(H,26,30). The van der Waals surface area contributed by atoms with Gasteiger partial charge in [0.15, 0.2) is 5.17 Å². The van der Waals surface area contributed by atoms with Gasteiger partial charge in [0, 0.05) is 28.7 Å². The first-order valence-electron chi connectivity index (χ1n) is 10.4. The quantitative estimate of drug-likeness (QED) is 0.478. The topological polar surface area (TPSA) is 71.0 Å². The molecule has 1 aliphatic rings. The van der Waals surface area contributed by atoms with E-state index in [1.54, 1.807) is 47.4 Å². The second-order valence-electron chi connectivity index (χ2n) is 7.18. The molecule has 1 saturated heterocycles. The molecule has 0 spiro atoms. The van der Waals surface area contributed by atoms with Crippen LogP contribution < -0.4 is 10.1 Å². The number of nitrogens with one attached hydrogen (secondary N) is 1. The lowest BCUT2D eigenvalue weighted by atomic mass is 10.2.